The van der Waals surface area contributed by atoms with Gasteiger partial charge in [0.15, 0.2) is 17.5 Å². The van der Waals surface area contributed by atoms with Gasteiger partial charge >= 0.3 is 0 Å². The summed E-state index contributed by atoms with van der Waals surface area (Å²) in [5, 5.41) is 16.4. The Hall–Kier alpha value is -2.11. The van der Waals surface area contributed by atoms with Crippen LogP contribution in [0.3, 0.4) is 0 Å². The van der Waals surface area contributed by atoms with E-state index < -0.39 is 0 Å². The molecule has 0 bridgehead atoms. The van der Waals surface area contributed by atoms with Crippen LogP contribution in [0.1, 0.15) is 32.3 Å². The van der Waals surface area contributed by atoms with Crippen LogP contribution in [0.25, 0.3) is 0 Å². The first-order chi connectivity index (χ1) is 10.7. The minimum atomic E-state index is 0.00528. The molecular formula is C16H27N3O3. The third-order valence-corrected chi connectivity index (χ3v) is 3.13. The SMILES string of the molecule is CCCCNC(=NCc1cc(OC)c(O)c(OC)c1)NCC. The fourth-order valence-electron chi connectivity index (χ4n) is 1.93. The third-order valence-electron chi connectivity index (χ3n) is 3.13. The molecule has 0 saturated heterocycles. The lowest BCUT2D eigenvalue weighted by Gasteiger charge is -2.12. The molecule has 0 fully saturated rings. The second-order valence-corrected chi connectivity index (χ2v) is 4.82. The molecule has 6 nitrogen and oxygen atoms in total. The molecule has 1 aromatic carbocycles. The van der Waals surface area contributed by atoms with E-state index in [9.17, 15) is 5.11 Å². The van der Waals surface area contributed by atoms with Gasteiger partial charge < -0.3 is 25.2 Å². The Morgan fingerprint density at radius 1 is 1.14 bits per heavy atom. The first-order valence-electron chi connectivity index (χ1n) is 7.62. The standard InChI is InChI=1S/C16H27N3O3/c1-5-7-8-18-16(17-6-2)19-11-12-9-13(21-3)15(20)14(10-12)22-4/h9-10,20H,5-8,11H2,1-4H3,(H2,17,18,19). The van der Waals surface area contributed by atoms with Crippen LogP contribution in [0.4, 0.5) is 0 Å². The van der Waals surface area contributed by atoms with Crippen molar-refractivity contribution in [3.8, 4) is 17.2 Å². The van der Waals surface area contributed by atoms with Crippen molar-refractivity contribution in [2.45, 2.75) is 33.2 Å². The van der Waals surface area contributed by atoms with Crippen LogP contribution in [0.5, 0.6) is 17.2 Å². The molecule has 0 saturated carbocycles. The number of benzene rings is 1. The minimum absolute atomic E-state index is 0.00528. The lowest BCUT2D eigenvalue weighted by molar-refractivity contribution is 0.339. The summed E-state index contributed by atoms with van der Waals surface area (Å²) >= 11 is 0. The zero-order valence-electron chi connectivity index (χ0n) is 13.9. The summed E-state index contributed by atoms with van der Waals surface area (Å²) in [4.78, 5) is 4.54. The van der Waals surface area contributed by atoms with E-state index in [4.69, 9.17) is 9.47 Å². The topological polar surface area (TPSA) is 75.1 Å². The van der Waals surface area contributed by atoms with Gasteiger partial charge in [0.25, 0.3) is 0 Å². The lowest BCUT2D eigenvalue weighted by atomic mass is 10.2. The van der Waals surface area contributed by atoms with Crippen LogP contribution >= 0.6 is 0 Å². The molecule has 1 aromatic rings. The van der Waals surface area contributed by atoms with E-state index >= 15 is 0 Å². The summed E-state index contributed by atoms with van der Waals surface area (Å²) in [5.41, 5.74) is 0.902. The number of aliphatic imine (C=N–C) groups is 1. The summed E-state index contributed by atoms with van der Waals surface area (Å²) in [6.45, 7) is 6.35. The molecule has 0 aliphatic rings. The van der Waals surface area contributed by atoms with Crippen molar-refractivity contribution in [3.63, 3.8) is 0 Å². The van der Waals surface area contributed by atoms with Crippen molar-refractivity contribution in [1.82, 2.24) is 10.6 Å². The quantitative estimate of drug-likeness (QED) is 0.390. The molecule has 0 spiro atoms. The Kier molecular flexibility index (Phi) is 7.96. The van der Waals surface area contributed by atoms with Crippen LogP contribution in [-0.2, 0) is 6.54 Å². The number of ether oxygens (including phenoxy) is 2. The molecule has 0 unspecified atom stereocenters. The predicted octanol–water partition coefficient (Wildman–Crippen LogP) is 2.26. The van der Waals surface area contributed by atoms with E-state index in [2.05, 4.69) is 22.5 Å². The van der Waals surface area contributed by atoms with E-state index in [1.807, 2.05) is 6.92 Å². The molecule has 0 aromatic heterocycles. The Bertz CT molecular complexity index is 465. The van der Waals surface area contributed by atoms with Gasteiger partial charge in [-0.25, -0.2) is 4.99 Å². The molecule has 0 amide bonds. The molecule has 22 heavy (non-hydrogen) atoms. The molecule has 124 valence electrons. The Morgan fingerprint density at radius 3 is 2.27 bits per heavy atom. The fraction of sp³-hybridized carbons (Fsp3) is 0.562. The Balaban J connectivity index is 2.84. The fourth-order valence-corrected chi connectivity index (χ4v) is 1.93. The Morgan fingerprint density at radius 2 is 1.77 bits per heavy atom. The highest BCUT2D eigenvalue weighted by Crippen LogP contribution is 2.37. The maximum atomic E-state index is 9.91. The van der Waals surface area contributed by atoms with E-state index in [1.54, 1.807) is 12.1 Å². The summed E-state index contributed by atoms with van der Waals surface area (Å²) in [7, 11) is 3.02. The number of guanidine groups is 1. The number of methoxy groups -OCH3 is 2. The summed E-state index contributed by atoms with van der Waals surface area (Å²) in [6, 6.07) is 3.52. The molecule has 3 N–H and O–H groups in total. The molecule has 6 heteroatoms. The number of nitrogens with zero attached hydrogens (tertiary/aromatic N) is 1. The summed E-state index contributed by atoms with van der Waals surface area (Å²) in [5.74, 6) is 1.55. The van der Waals surface area contributed by atoms with Gasteiger partial charge in [0.1, 0.15) is 0 Å². The zero-order chi connectivity index (χ0) is 16.4. The summed E-state index contributed by atoms with van der Waals surface area (Å²) in [6.07, 6.45) is 2.24. The van der Waals surface area contributed by atoms with Gasteiger partial charge in [0.2, 0.25) is 5.75 Å². The molecular weight excluding hydrogens is 282 g/mol. The third kappa shape index (κ3) is 5.35. The average molecular weight is 309 g/mol. The van der Waals surface area contributed by atoms with Gasteiger partial charge in [-0.3, -0.25) is 0 Å². The van der Waals surface area contributed by atoms with Crippen molar-refractivity contribution in [2.24, 2.45) is 4.99 Å². The molecule has 0 radical (unpaired) electrons. The minimum Gasteiger partial charge on any atom is -0.502 e. The number of unbranched alkanes of at least 4 members (excludes halogenated alkanes) is 1. The highest BCUT2D eigenvalue weighted by molar-refractivity contribution is 5.79. The van der Waals surface area contributed by atoms with Gasteiger partial charge in [0.05, 0.1) is 20.8 Å². The molecule has 0 aliphatic carbocycles. The number of aromatic hydroxyl groups is 1. The van der Waals surface area contributed by atoms with Gasteiger partial charge in [0, 0.05) is 13.1 Å². The van der Waals surface area contributed by atoms with Crippen molar-refractivity contribution < 1.29 is 14.6 Å². The second kappa shape index (κ2) is 9.76. The largest absolute Gasteiger partial charge is 0.502 e. The van der Waals surface area contributed by atoms with Crippen molar-refractivity contribution in [1.29, 1.82) is 0 Å². The predicted molar refractivity (Wildman–Crippen MR) is 88.9 cm³/mol. The number of nitrogens with one attached hydrogen (secondary N) is 2. The van der Waals surface area contributed by atoms with Crippen molar-refractivity contribution in [3.05, 3.63) is 17.7 Å². The number of hydrogen-bond acceptors (Lipinski definition) is 4. The van der Waals surface area contributed by atoms with Gasteiger partial charge in [-0.05, 0) is 31.0 Å². The second-order valence-electron chi connectivity index (χ2n) is 4.82. The molecule has 1 rings (SSSR count). The summed E-state index contributed by atoms with van der Waals surface area (Å²) < 4.78 is 10.3. The molecule has 0 heterocycles. The first-order valence-corrected chi connectivity index (χ1v) is 7.62. The number of phenolic OH excluding ortho intramolecular Hbond substituents is 1. The number of phenols is 1. The average Bonchev–Trinajstić information content (AvgIpc) is 2.53. The van der Waals surface area contributed by atoms with Crippen LogP contribution in [0.2, 0.25) is 0 Å². The molecule has 0 atom stereocenters. The normalized spacial score (nSPS) is 11.2. The van der Waals surface area contributed by atoms with E-state index in [0.29, 0.717) is 18.0 Å². The lowest BCUT2D eigenvalue weighted by Crippen LogP contribution is -2.37. The maximum absolute atomic E-state index is 9.91. The molecule has 0 aliphatic heterocycles. The highest BCUT2D eigenvalue weighted by Gasteiger charge is 2.11. The maximum Gasteiger partial charge on any atom is 0.200 e. The zero-order valence-corrected chi connectivity index (χ0v) is 13.9. The highest BCUT2D eigenvalue weighted by atomic mass is 16.5. The van der Waals surface area contributed by atoms with Crippen LogP contribution in [-0.4, -0.2) is 38.4 Å². The van der Waals surface area contributed by atoms with Crippen LogP contribution in [0, 0.1) is 0 Å². The van der Waals surface area contributed by atoms with Crippen LogP contribution < -0.4 is 20.1 Å². The van der Waals surface area contributed by atoms with Gasteiger partial charge in [-0.15, -0.1) is 0 Å². The number of rotatable bonds is 8. The van der Waals surface area contributed by atoms with Crippen LogP contribution in [0.15, 0.2) is 17.1 Å². The van der Waals surface area contributed by atoms with Gasteiger partial charge in [-0.1, -0.05) is 13.3 Å². The van der Waals surface area contributed by atoms with E-state index in [1.165, 1.54) is 14.2 Å². The van der Waals surface area contributed by atoms with Crippen molar-refractivity contribution >= 4 is 5.96 Å². The monoisotopic (exact) mass is 309 g/mol. The van der Waals surface area contributed by atoms with Gasteiger partial charge in [-0.2, -0.15) is 0 Å². The van der Waals surface area contributed by atoms with E-state index in [0.717, 1.165) is 37.5 Å². The van der Waals surface area contributed by atoms with Crippen molar-refractivity contribution in [2.75, 3.05) is 27.3 Å². The first kappa shape index (κ1) is 17.9. The Labute approximate surface area is 132 Å². The number of hydrogen-bond donors (Lipinski definition) is 3. The van der Waals surface area contributed by atoms with E-state index in [-0.39, 0.29) is 5.75 Å². The smallest absolute Gasteiger partial charge is 0.200 e.